The molecule has 4 aromatic carbocycles. The summed E-state index contributed by atoms with van der Waals surface area (Å²) in [5.74, 6) is 1.35. The van der Waals surface area contributed by atoms with Gasteiger partial charge in [-0.3, -0.25) is 33.8 Å². The van der Waals surface area contributed by atoms with Gasteiger partial charge in [0.05, 0.1) is 66.3 Å². The van der Waals surface area contributed by atoms with Gasteiger partial charge < -0.3 is 89.7 Å². The Morgan fingerprint density at radius 2 is 0.982 bits per heavy atom. The molecule has 0 bridgehead atoms. The molecule has 6 heterocycles. The fourth-order valence-corrected chi connectivity index (χ4v) is 12.7. The number of carbonyl (C=O) groups is 3. The van der Waals surface area contributed by atoms with Crippen molar-refractivity contribution in [3.63, 3.8) is 0 Å². The van der Waals surface area contributed by atoms with E-state index in [-0.39, 0.29) is 76.4 Å². The Balaban J connectivity index is 0.000000213. The molecule has 0 saturated heterocycles. The van der Waals surface area contributed by atoms with Crippen LogP contribution in [0.5, 0.6) is 11.5 Å². The number of para-hydroxylation sites is 2. The number of methoxy groups -OCH3 is 1. The lowest BCUT2D eigenvalue weighted by Gasteiger charge is -2.29. The number of esters is 3. The number of hydrogen-bond donors (Lipinski definition) is 12. The first-order valence-corrected chi connectivity index (χ1v) is 38.1. The van der Waals surface area contributed by atoms with E-state index in [0.717, 1.165) is 103 Å². The van der Waals surface area contributed by atoms with E-state index in [1.165, 1.54) is 7.11 Å². The molecular weight excluding hydrogens is 1460 g/mol. The van der Waals surface area contributed by atoms with Gasteiger partial charge in [0.15, 0.2) is 45.4 Å². The number of nitrogens with one attached hydrogen (secondary N) is 5. The third kappa shape index (κ3) is 24.7. The maximum absolute atomic E-state index is 12.7. The molecule has 113 heavy (non-hydrogen) atoms. The fraction of sp³-hybridized carbons (Fsp3) is 0.494. The molecule has 2 aromatic heterocycles. The highest BCUT2D eigenvalue weighted by molar-refractivity contribution is 5.83. The van der Waals surface area contributed by atoms with Crippen LogP contribution in [-0.2, 0) is 30.4 Å². The van der Waals surface area contributed by atoms with Crippen LogP contribution in [0.3, 0.4) is 0 Å². The van der Waals surface area contributed by atoms with Gasteiger partial charge in [0, 0.05) is 63.4 Å². The van der Waals surface area contributed by atoms with Crippen molar-refractivity contribution in [2.45, 2.75) is 214 Å². The van der Waals surface area contributed by atoms with E-state index in [1.54, 1.807) is 24.3 Å². The SMILES string of the molecule is C=c1nc2c(c(=O)[nH]1)=Nc1cc(C)c(NCC(O)C(O)C(O)C(O)CO)cc1N2CCCCCCC(=O)OC(C)(C)C.C=c1nc2c(c(=O)[nH]1)=Nc1cc(C)c(NCC(O)CO)cc1N2CCCCCCC(=O)OC(C)(C)C.COc1ccccc1OC(=O)CCCCCCn1c2nc(=O)[nH]c(=O)c-2nc2cc(C)c(C)cc21. The number of aromatic nitrogens is 8. The number of fused-ring (bicyclic) bond motifs is 6. The van der Waals surface area contributed by atoms with Gasteiger partial charge in [-0.15, -0.1) is 0 Å². The van der Waals surface area contributed by atoms with Gasteiger partial charge >= 0.3 is 23.6 Å². The first kappa shape index (κ1) is 88.0. The number of aliphatic hydroxyl groups is 7. The van der Waals surface area contributed by atoms with Crippen LogP contribution in [0, 0.1) is 27.7 Å². The van der Waals surface area contributed by atoms with Crippen LogP contribution < -0.4 is 73.9 Å². The molecule has 5 unspecified atom stereocenters. The molecule has 0 spiro atoms. The number of unbranched alkanes of at least 4 members (excludes halogenated alkanes) is 9. The van der Waals surface area contributed by atoms with E-state index >= 15 is 0 Å². The molecule has 5 atom stereocenters. The number of aromatic amines is 3. The van der Waals surface area contributed by atoms with Gasteiger partial charge in [0.1, 0.15) is 40.5 Å². The molecular formula is C81H108N14O18. The molecule has 610 valence electrons. The lowest BCUT2D eigenvalue weighted by molar-refractivity contribution is -0.156. The third-order valence-electron chi connectivity index (χ3n) is 18.5. The van der Waals surface area contributed by atoms with E-state index < -0.39 is 65.1 Å². The minimum Gasteiger partial charge on any atom is -0.493 e. The van der Waals surface area contributed by atoms with Crippen molar-refractivity contribution in [2.75, 3.05) is 66.9 Å². The highest BCUT2D eigenvalue weighted by Gasteiger charge is 2.32. The Morgan fingerprint density at radius 3 is 1.47 bits per heavy atom. The smallest absolute Gasteiger partial charge is 0.349 e. The van der Waals surface area contributed by atoms with Gasteiger partial charge in [-0.2, -0.15) is 4.98 Å². The third-order valence-corrected chi connectivity index (χ3v) is 18.5. The van der Waals surface area contributed by atoms with Crippen molar-refractivity contribution in [1.82, 2.24) is 39.5 Å². The molecule has 32 heteroatoms. The van der Waals surface area contributed by atoms with E-state index in [2.05, 4.69) is 68.7 Å². The van der Waals surface area contributed by atoms with Crippen molar-refractivity contribution in [1.29, 1.82) is 0 Å². The average molecular weight is 1570 g/mol. The quantitative estimate of drug-likeness (QED) is 0.00989. The Hall–Kier alpha value is -10.6. The lowest BCUT2D eigenvalue weighted by atomic mass is 10.0. The predicted molar refractivity (Wildman–Crippen MR) is 429 cm³/mol. The maximum atomic E-state index is 12.7. The summed E-state index contributed by atoms with van der Waals surface area (Å²) in [7, 11) is 1.53. The van der Waals surface area contributed by atoms with Crippen LogP contribution in [0.25, 0.3) is 35.7 Å². The maximum Gasteiger partial charge on any atom is 0.349 e. The van der Waals surface area contributed by atoms with Crippen molar-refractivity contribution in [3.05, 3.63) is 146 Å². The summed E-state index contributed by atoms with van der Waals surface area (Å²) >= 11 is 0. The predicted octanol–water partition coefficient (Wildman–Crippen LogP) is 5.75. The molecule has 32 nitrogen and oxygen atoms in total. The normalized spacial score (nSPS) is 13.5. The highest BCUT2D eigenvalue weighted by atomic mass is 16.6. The monoisotopic (exact) mass is 1560 g/mol. The molecule has 6 aromatic rings. The van der Waals surface area contributed by atoms with Crippen LogP contribution in [0.15, 0.2) is 89.8 Å². The summed E-state index contributed by atoms with van der Waals surface area (Å²) in [6.45, 7) is 27.0. The van der Waals surface area contributed by atoms with E-state index in [1.807, 2.05) is 120 Å². The molecule has 12 N–H and O–H groups in total. The van der Waals surface area contributed by atoms with Crippen LogP contribution in [-0.4, -0.2) is 181 Å². The van der Waals surface area contributed by atoms with Gasteiger partial charge in [-0.1, -0.05) is 63.8 Å². The van der Waals surface area contributed by atoms with E-state index in [9.17, 15) is 59.1 Å². The van der Waals surface area contributed by atoms with Gasteiger partial charge in [0.2, 0.25) is 0 Å². The number of anilines is 6. The number of ether oxygens (including phenoxy) is 4. The zero-order chi connectivity index (χ0) is 82.6. The highest BCUT2D eigenvalue weighted by Crippen LogP contribution is 2.41. The number of nitrogens with zero attached hydrogens (tertiary/aromatic N) is 9. The minimum absolute atomic E-state index is 0.152. The minimum atomic E-state index is -1.73. The first-order valence-electron chi connectivity index (χ1n) is 38.1. The fourth-order valence-electron chi connectivity index (χ4n) is 12.7. The van der Waals surface area contributed by atoms with Crippen molar-refractivity contribution < 1.29 is 69.1 Å². The topological polar surface area (TPSA) is 457 Å². The molecule has 0 aliphatic carbocycles. The molecule has 10 rings (SSSR count). The summed E-state index contributed by atoms with van der Waals surface area (Å²) in [4.78, 5) is 124. The standard InChI is InChI=1S/C29H43N5O8.C26H37N5O5.C26H28N4O5/c1-16-12-19-20(13-18(16)30-14-21(36)25(39)26(40)22(37)15-35)34(27-24(33-19)28(41)32-17(2)31-27)11-9-7-6-8-10-23(38)42-29(3,4)5;1-16-12-20-21(13-19(16)27-14-18(33)15-32)31(24-23(30-20)25(35)29-17(2)28-24)11-9-7-6-8-10-22(34)36-26(3,4)5;1-16-14-18-19(15-17(16)2)30(24-23(27-18)25(32)29-26(33)28-24)13-9-5-4-6-12-22(31)35-21-11-8-7-10-20(21)34-3/h12-13,21-22,25-26,30,35-37,39-40H,2,6-11,14-15H2,1,3-5H3,(H,32,41);12-13,18,27,32-33H,2,6-11,14-15H2,1,3-5H3,(H,29,35);7-8,10-11,14-15H,4-6,9,12-13H2,1-3H3,(H,29,32,33). The number of carbonyl (C=O) groups excluding carboxylic acids is 3. The molecule has 0 radical (unpaired) electrons. The second-order valence-electron chi connectivity index (χ2n) is 30.1. The Morgan fingerprint density at radius 1 is 0.522 bits per heavy atom. The van der Waals surface area contributed by atoms with Gasteiger partial charge in [0.25, 0.3) is 16.7 Å². The first-order chi connectivity index (χ1) is 53.6. The van der Waals surface area contributed by atoms with Crippen LogP contribution in [0.4, 0.5) is 45.8 Å². The number of H-pyrrole nitrogens is 3. The lowest BCUT2D eigenvalue weighted by Crippen LogP contribution is -2.48. The van der Waals surface area contributed by atoms with Gasteiger partial charge in [-0.25, -0.2) is 29.7 Å². The summed E-state index contributed by atoms with van der Waals surface area (Å²) in [6.07, 6.45) is 3.27. The van der Waals surface area contributed by atoms with Crippen molar-refractivity contribution in [2.24, 2.45) is 9.98 Å². The molecule has 4 aliphatic rings. The molecule has 0 fully saturated rings. The summed E-state index contributed by atoms with van der Waals surface area (Å²) in [5, 5.41) is 74.5. The van der Waals surface area contributed by atoms with Crippen molar-refractivity contribution >= 4 is 87.9 Å². The average Bonchev–Trinajstić information content (AvgIpc) is 0.764. The Labute approximate surface area is 653 Å². The molecule has 4 aliphatic heterocycles. The largest absolute Gasteiger partial charge is 0.493 e. The number of hydrogen-bond acceptors (Lipinski definition) is 28. The Bertz CT molecular complexity index is 5110. The number of aliphatic hydroxyl groups excluding tert-OH is 7. The van der Waals surface area contributed by atoms with Gasteiger partial charge in [-0.05, 0) is 179 Å². The zero-order valence-electron chi connectivity index (χ0n) is 66.3. The molecule has 0 saturated carbocycles. The zero-order valence-corrected chi connectivity index (χ0v) is 66.3. The van der Waals surface area contributed by atoms with Crippen LogP contribution in [0.2, 0.25) is 0 Å². The van der Waals surface area contributed by atoms with E-state index in [0.29, 0.717) is 103 Å². The second-order valence-corrected chi connectivity index (χ2v) is 30.1. The van der Waals surface area contributed by atoms with Crippen LogP contribution >= 0.6 is 0 Å². The summed E-state index contributed by atoms with van der Waals surface area (Å²) in [5.41, 5.74) is 7.06. The number of aryl methyl sites for hydroxylation is 5. The van der Waals surface area contributed by atoms with E-state index in [4.69, 9.17) is 29.2 Å². The van der Waals surface area contributed by atoms with Crippen LogP contribution in [0.1, 0.15) is 160 Å². The number of rotatable bonds is 34. The summed E-state index contributed by atoms with van der Waals surface area (Å²) < 4.78 is 23.2. The number of benzene rings is 4. The molecule has 0 amide bonds. The second kappa shape index (κ2) is 40.2. The summed E-state index contributed by atoms with van der Waals surface area (Å²) in [6, 6.07) is 18.4. The van der Waals surface area contributed by atoms with Crippen molar-refractivity contribution in [3.8, 4) is 23.0 Å². The Kier molecular flexibility index (Phi) is 31.3.